The van der Waals surface area contributed by atoms with E-state index < -0.39 is 0 Å². The molecule has 0 fully saturated rings. The first kappa shape index (κ1) is 11.0. The highest BCUT2D eigenvalue weighted by atomic mass is 14.9. The fourth-order valence-corrected chi connectivity index (χ4v) is 1.55. The minimum atomic E-state index is 0.736. The van der Waals surface area contributed by atoms with Crippen molar-refractivity contribution in [1.29, 1.82) is 0 Å². The Morgan fingerprint density at radius 2 is 2.29 bits per heavy atom. The van der Waals surface area contributed by atoms with Gasteiger partial charge in [-0.1, -0.05) is 20.3 Å². The molecule has 0 saturated carbocycles. The van der Waals surface area contributed by atoms with Crippen molar-refractivity contribution in [3.63, 3.8) is 0 Å². The smallest absolute Gasteiger partial charge is 0.0603 e. The monoisotopic (exact) mass is 192 g/mol. The minimum Gasteiger partial charge on any atom is -0.383 e. The van der Waals surface area contributed by atoms with Gasteiger partial charge in [0.1, 0.15) is 0 Å². The Morgan fingerprint density at radius 1 is 1.50 bits per heavy atom. The van der Waals surface area contributed by atoms with Crippen LogP contribution in [-0.4, -0.2) is 11.5 Å². The molecule has 1 unspecified atom stereocenters. The molecule has 1 rings (SSSR count). The van der Waals surface area contributed by atoms with Gasteiger partial charge in [0.05, 0.1) is 11.4 Å². The lowest BCUT2D eigenvalue weighted by molar-refractivity contribution is 0.550. The number of pyridine rings is 1. The topological polar surface area (TPSA) is 24.9 Å². The number of aryl methyl sites for hydroxylation is 1. The van der Waals surface area contributed by atoms with Gasteiger partial charge in [-0.25, -0.2) is 0 Å². The third-order valence-corrected chi connectivity index (χ3v) is 2.43. The van der Waals surface area contributed by atoms with Crippen molar-refractivity contribution in [3.8, 4) is 0 Å². The largest absolute Gasteiger partial charge is 0.383 e. The first-order chi connectivity index (χ1) is 6.74. The summed E-state index contributed by atoms with van der Waals surface area (Å²) in [5.74, 6) is 0.736. The van der Waals surface area contributed by atoms with Crippen LogP contribution < -0.4 is 5.32 Å². The van der Waals surface area contributed by atoms with Crippen LogP contribution in [0.1, 0.15) is 32.4 Å². The second-order valence-electron chi connectivity index (χ2n) is 3.91. The molecule has 0 aromatic carbocycles. The number of nitrogens with one attached hydrogen (secondary N) is 1. The SMILES string of the molecule is CCCC(C)CNc1cccnc1C. The zero-order valence-corrected chi connectivity index (χ0v) is 9.38. The molecule has 1 atom stereocenters. The quantitative estimate of drug-likeness (QED) is 0.774. The fourth-order valence-electron chi connectivity index (χ4n) is 1.55. The molecule has 0 spiro atoms. The minimum absolute atomic E-state index is 0.736. The average Bonchev–Trinajstić information content (AvgIpc) is 2.17. The first-order valence-electron chi connectivity index (χ1n) is 5.39. The van der Waals surface area contributed by atoms with Gasteiger partial charge in [-0.05, 0) is 31.4 Å². The van der Waals surface area contributed by atoms with Crippen molar-refractivity contribution in [2.75, 3.05) is 11.9 Å². The maximum Gasteiger partial charge on any atom is 0.0603 e. The van der Waals surface area contributed by atoms with Crippen LogP contribution >= 0.6 is 0 Å². The summed E-state index contributed by atoms with van der Waals surface area (Å²) in [6.45, 7) is 7.58. The van der Waals surface area contributed by atoms with Gasteiger partial charge < -0.3 is 5.32 Å². The summed E-state index contributed by atoms with van der Waals surface area (Å²) < 4.78 is 0. The highest BCUT2D eigenvalue weighted by Crippen LogP contribution is 2.12. The van der Waals surface area contributed by atoms with Gasteiger partial charge >= 0.3 is 0 Å². The molecule has 2 nitrogen and oxygen atoms in total. The number of aromatic nitrogens is 1. The molecule has 0 bridgehead atoms. The number of hydrogen-bond donors (Lipinski definition) is 1. The Morgan fingerprint density at radius 3 is 2.93 bits per heavy atom. The van der Waals surface area contributed by atoms with Crippen molar-refractivity contribution in [2.24, 2.45) is 5.92 Å². The van der Waals surface area contributed by atoms with E-state index in [1.807, 2.05) is 19.2 Å². The van der Waals surface area contributed by atoms with Crippen molar-refractivity contribution in [1.82, 2.24) is 4.98 Å². The van der Waals surface area contributed by atoms with Crippen molar-refractivity contribution >= 4 is 5.69 Å². The van der Waals surface area contributed by atoms with E-state index in [9.17, 15) is 0 Å². The van der Waals surface area contributed by atoms with E-state index >= 15 is 0 Å². The van der Waals surface area contributed by atoms with E-state index in [0.29, 0.717) is 0 Å². The molecule has 1 N–H and O–H groups in total. The molecule has 0 radical (unpaired) electrons. The maximum atomic E-state index is 4.24. The highest BCUT2D eigenvalue weighted by Gasteiger charge is 2.01. The number of anilines is 1. The van der Waals surface area contributed by atoms with Crippen LogP contribution in [0.5, 0.6) is 0 Å². The summed E-state index contributed by atoms with van der Waals surface area (Å²) in [5.41, 5.74) is 2.24. The lowest BCUT2D eigenvalue weighted by atomic mass is 10.1. The average molecular weight is 192 g/mol. The Kier molecular flexibility index (Phi) is 4.44. The maximum absolute atomic E-state index is 4.24. The highest BCUT2D eigenvalue weighted by molar-refractivity contribution is 5.46. The van der Waals surface area contributed by atoms with Gasteiger partial charge in [-0.2, -0.15) is 0 Å². The van der Waals surface area contributed by atoms with E-state index in [1.165, 1.54) is 12.8 Å². The van der Waals surface area contributed by atoms with Gasteiger partial charge in [0.2, 0.25) is 0 Å². The predicted molar refractivity (Wildman–Crippen MR) is 61.5 cm³/mol. The van der Waals surface area contributed by atoms with Crippen LogP contribution in [0.3, 0.4) is 0 Å². The van der Waals surface area contributed by atoms with E-state index in [4.69, 9.17) is 0 Å². The zero-order chi connectivity index (χ0) is 10.4. The molecule has 0 aliphatic carbocycles. The Labute approximate surface area is 86.8 Å². The molecule has 1 aromatic rings. The van der Waals surface area contributed by atoms with Gasteiger partial charge in [0.15, 0.2) is 0 Å². The van der Waals surface area contributed by atoms with Crippen molar-refractivity contribution in [2.45, 2.75) is 33.6 Å². The van der Waals surface area contributed by atoms with Crippen LogP contribution in [0.25, 0.3) is 0 Å². The third kappa shape index (κ3) is 3.36. The Balaban J connectivity index is 2.41. The normalized spacial score (nSPS) is 12.5. The van der Waals surface area contributed by atoms with E-state index in [1.54, 1.807) is 0 Å². The van der Waals surface area contributed by atoms with E-state index in [-0.39, 0.29) is 0 Å². The van der Waals surface area contributed by atoms with Crippen LogP contribution in [-0.2, 0) is 0 Å². The predicted octanol–water partition coefficient (Wildman–Crippen LogP) is 3.24. The number of nitrogens with zero attached hydrogens (tertiary/aromatic N) is 1. The molecule has 1 aromatic heterocycles. The third-order valence-electron chi connectivity index (χ3n) is 2.43. The molecule has 14 heavy (non-hydrogen) atoms. The van der Waals surface area contributed by atoms with Gasteiger partial charge in [0, 0.05) is 12.7 Å². The standard InChI is InChI=1S/C12H20N2/c1-4-6-10(2)9-14-12-7-5-8-13-11(12)3/h5,7-8,10,14H,4,6,9H2,1-3H3. The molecule has 0 aliphatic heterocycles. The molecular formula is C12H20N2. The molecule has 0 amide bonds. The summed E-state index contributed by atoms with van der Waals surface area (Å²) in [7, 11) is 0. The van der Waals surface area contributed by atoms with Crippen LogP contribution in [0.15, 0.2) is 18.3 Å². The van der Waals surface area contributed by atoms with Crippen LogP contribution in [0.4, 0.5) is 5.69 Å². The lowest BCUT2D eigenvalue weighted by Crippen LogP contribution is -2.11. The van der Waals surface area contributed by atoms with Gasteiger partial charge in [-0.15, -0.1) is 0 Å². The van der Waals surface area contributed by atoms with Crippen LogP contribution in [0.2, 0.25) is 0 Å². The summed E-state index contributed by atoms with van der Waals surface area (Å²) in [4.78, 5) is 4.24. The first-order valence-corrected chi connectivity index (χ1v) is 5.39. The van der Waals surface area contributed by atoms with E-state index in [0.717, 1.165) is 23.8 Å². The molecular weight excluding hydrogens is 172 g/mol. The second-order valence-corrected chi connectivity index (χ2v) is 3.91. The summed E-state index contributed by atoms with van der Waals surface area (Å²) in [5, 5.41) is 3.44. The van der Waals surface area contributed by atoms with Crippen molar-refractivity contribution < 1.29 is 0 Å². The van der Waals surface area contributed by atoms with Crippen molar-refractivity contribution in [3.05, 3.63) is 24.0 Å². The van der Waals surface area contributed by atoms with Crippen LogP contribution in [0, 0.1) is 12.8 Å². The molecule has 2 heteroatoms. The Bertz CT molecular complexity index is 271. The molecule has 0 saturated heterocycles. The lowest BCUT2D eigenvalue weighted by Gasteiger charge is -2.13. The zero-order valence-electron chi connectivity index (χ0n) is 9.38. The summed E-state index contributed by atoms with van der Waals surface area (Å²) in [6.07, 6.45) is 4.37. The fraction of sp³-hybridized carbons (Fsp3) is 0.583. The summed E-state index contributed by atoms with van der Waals surface area (Å²) >= 11 is 0. The van der Waals surface area contributed by atoms with Gasteiger partial charge in [-0.3, -0.25) is 4.98 Å². The Hall–Kier alpha value is -1.05. The number of hydrogen-bond acceptors (Lipinski definition) is 2. The molecule has 0 aliphatic rings. The van der Waals surface area contributed by atoms with Gasteiger partial charge in [0.25, 0.3) is 0 Å². The summed E-state index contributed by atoms with van der Waals surface area (Å²) in [6, 6.07) is 4.06. The van der Waals surface area contributed by atoms with E-state index in [2.05, 4.69) is 30.2 Å². The second kappa shape index (κ2) is 5.63. The number of rotatable bonds is 5. The molecule has 1 heterocycles. The molecule has 78 valence electrons.